The zero-order valence-corrected chi connectivity index (χ0v) is 12.1. The highest BCUT2D eigenvalue weighted by molar-refractivity contribution is 5.85. The third kappa shape index (κ3) is 5.84. The standard InChI is InChI=1S/C15H23N3O2/c1-11(2)8-13(12-6-4-3-5-7-12)18-15(20)10-17-14(19)9-16/h3-7,11,13H,8-10,16H2,1-2H3,(H,17,19)(H,18,20). The first-order valence-corrected chi connectivity index (χ1v) is 6.84. The monoisotopic (exact) mass is 277 g/mol. The molecule has 0 saturated heterocycles. The third-order valence-electron chi connectivity index (χ3n) is 2.88. The van der Waals surface area contributed by atoms with E-state index in [4.69, 9.17) is 5.73 Å². The number of hydrogen-bond acceptors (Lipinski definition) is 3. The molecule has 0 radical (unpaired) electrons. The number of benzene rings is 1. The van der Waals surface area contributed by atoms with E-state index in [2.05, 4.69) is 24.5 Å². The normalized spacial score (nSPS) is 12.0. The van der Waals surface area contributed by atoms with Gasteiger partial charge in [0.1, 0.15) is 0 Å². The van der Waals surface area contributed by atoms with Crippen molar-refractivity contribution in [2.75, 3.05) is 13.1 Å². The van der Waals surface area contributed by atoms with Gasteiger partial charge in [0.25, 0.3) is 0 Å². The maximum absolute atomic E-state index is 11.9. The van der Waals surface area contributed by atoms with Gasteiger partial charge in [-0.25, -0.2) is 0 Å². The van der Waals surface area contributed by atoms with Gasteiger partial charge < -0.3 is 16.4 Å². The number of nitrogens with one attached hydrogen (secondary N) is 2. The van der Waals surface area contributed by atoms with E-state index in [1.165, 1.54) is 0 Å². The van der Waals surface area contributed by atoms with E-state index in [0.29, 0.717) is 5.92 Å². The van der Waals surface area contributed by atoms with Crippen molar-refractivity contribution in [3.05, 3.63) is 35.9 Å². The van der Waals surface area contributed by atoms with Crippen LogP contribution in [0.15, 0.2) is 30.3 Å². The molecule has 5 nitrogen and oxygen atoms in total. The van der Waals surface area contributed by atoms with E-state index in [1.807, 2.05) is 30.3 Å². The molecule has 0 saturated carbocycles. The highest BCUT2D eigenvalue weighted by Gasteiger charge is 2.16. The number of rotatable bonds is 7. The van der Waals surface area contributed by atoms with Gasteiger partial charge in [-0.1, -0.05) is 44.2 Å². The summed E-state index contributed by atoms with van der Waals surface area (Å²) in [7, 11) is 0. The minimum Gasteiger partial charge on any atom is -0.348 e. The van der Waals surface area contributed by atoms with Gasteiger partial charge in [-0.05, 0) is 17.9 Å². The second-order valence-corrected chi connectivity index (χ2v) is 5.14. The van der Waals surface area contributed by atoms with Crippen molar-refractivity contribution in [3.8, 4) is 0 Å². The quantitative estimate of drug-likeness (QED) is 0.694. The van der Waals surface area contributed by atoms with Crippen LogP contribution in [0.4, 0.5) is 0 Å². The molecule has 1 rings (SSSR count). The second kappa shape index (κ2) is 8.32. The summed E-state index contributed by atoms with van der Waals surface area (Å²) in [5, 5.41) is 5.42. The molecular weight excluding hydrogens is 254 g/mol. The molecule has 1 aromatic carbocycles. The molecule has 5 heteroatoms. The van der Waals surface area contributed by atoms with Crippen LogP contribution in [0.2, 0.25) is 0 Å². The lowest BCUT2D eigenvalue weighted by atomic mass is 9.97. The Morgan fingerprint density at radius 3 is 2.35 bits per heavy atom. The Morgan fingerprint density at radius 1 is 1.15 bits per heavy atom. The first kappa shape index (κ1) is 16.2. The van der Waals surface area contributed by atoms with Gasteiger partial charge in [0.15, 0.2) is 0 Å². The van der Waals surface area contributed by atoms with E-state index in [0.717, 1.165) is 12.0 Å². The average Bonchev–Trinajstić information content (AvgIpc) is 2.44. The Bertz CT molecular complexity index is 432. The van der Waals surface area contributed by atoms with E-state index >= 15 is 0 Å². The summed E-state index contributed by atoms with van der Waals surface area (Å²) in [6, 6.07) is 9.78. The number of carbonyl (C=O) groups excluding carboxylic acids is 2. The molecule has 0 aliphatic heterocycles. The first-order chi connectivity index (χ1) is 9.52. The molecule has 1 aromatic rings. The van der Waals surface area contributed by atoms with Gasteiger partial charge in [-0.3, -0.25) is 9.59 Å². The van der Waals surface area contributed by atoms with Crippen molar-refractivity contribution >= 4 is 11.8 Å². The Balaban J connectivity index is 2.61. The molecule has 0 heterocycles. The summed E-state index contributed by atoms with van der Waals surface area (Å²) in [6.07, 6.45) is 0.848. The lowest BCUT2D eigenvalue weighted by molar-refractivity contribution is -0.125. The molecule has 0 bridgehead atoms. The molecule has 0 spiro atoms. The molecular formula is C15H23N3O2. The van der Waals surface area contributed by atoms with Crippen LogP contribution in [0.5, 0.6) is 0 Å². The van der Waals surface area contributed by atoms with Crippen molar-refractivity contribution in [2.45, 2.75) is 26.3 Å². The molecule has 0 aliphatic rings. The lowest BCUT2D eigenvalue weighted by Gasteiger charge is -2.21. The van der Waals surface area contributed by atoms with Crippen molar-refractivity contribution < 1.29 is 9.59 Å². The summed E-state index contributed by atoms with van der Waals surface area (Å²) in [5.41, 5.74) is 6.24. The van der Waals surface area contributed by atoms with Crippen molar-refractivity contribution in [1.82, 2.24) is 10.6 Å². The fourth-order valence-corrected chi connectivity index (χ4v) is 1.93. The summed E-state index contributed by atoms with van der Waals surface area (Å²) >= 11 is 0. The topological polar surface area (TPSA) is 84.2 Å². The second-order valence-electron chi connectivity index (χ2n) is 5.14. The zero-order valence-electron chi connectivity index (χ0n) is 12.1. The highest BCUT2D eigenvalue weighted by atomic mass is 16.2. The minimum atomic E-state index is -0.333. The molecule has 110 valence electrons. The maximum Gasteiger partial charge on any atom is 0.239 e. The molecule has 0 fully saturated rings. The van der Waals surface area contributed by atoms with Crippen molar-refractivity contribution in [3.63, 3.8) is 0 Å². The predicted octanol–water partition coefficient (Wildman–Crippen LogP) is 0.965. The number of nitrogens with two attached hydrogens (primary N) is 1. The summed E-state index contributed by atoms with van der Waals surface area (Å²) in [4.78, 5) is 22.9. The van der Waals surface area contributed by atoms with Gasteiger partial charge in [0, 0.05) is 0 Å². The predicted molar refractivity (Wildman–Crippen MR) is 78.8 cm³/mol. The van der Waals surface area contributed by atoms with Crippen LogP contribution in [0, 0.1) is 5.92 Å². The molecule has 1 unspecified atom stereocenters. The number of amides is 2. The Kier molecular flexibility index (Phi) is 6.73. The van der Waals surface area contributed by atoms with Crippen LogP contribution in [0.3, 0.4) is 0 Å². The minimum absolute atomic E-state index is 0.0431. The molecule has 20 heavy (non-hydrogen) atoms. The van der Waals surface area contributed by atoms with Crippen LogP contribution in [-0.4, -0.2) is 24.9 Å². The van der Waals surface area contributed by atoms with E-state index in [-0.39, 0.29) is 30.9 Å². The number of carbonyl (C=O) groups is 2. The van der Waals surface area contributed by atoms with E-state index < -0.39 is 0 Å². The first-order valence-electron chi connectivity index (χ1n) is 6.84. The highest BCUT2D eigenvalue weighted by Crippen LogP contribution is 2.20. The Morgan fingerprint density at radius 2 is 1.80 bits per heavy atom. The lowest BCUT2D eigenvalue weighted by Crippen LogP contribution is -2.41. The molecule has 1 atom stereocenters. The number of hydrogen-bond donors (Lipinski definition) is 3. The Labute approximate surface area is 119 Å². The van der Waals surface area contributed by atoms with Gasteiger partial charge in [-0.15, -0.1) is 0 Å². The van der Waals surface area contributed by atoms with Crippen LogP contribution < -0.4 is 16.4 Å². The smallest absolute Gasteiger partial charge is 0.239 e. The summed E-state index contributed by atoms with van der Waals surface area (Å²) in [6.45, 7) is 4.06. The fraction of sp³-hybridized carbons (Fsp3) is 0.467. The van der Waals surface area contributed by atoms with Crippen LogP contribution >= 0.6 is 0 Å². The third-order valence-corrected chi connectivity index (χ3v) is 2.88. The SMILES string of the molecule is CC(C)CC(NC(=O)CNC(=O)CN)c1ccccc1. The molecule has 0 aliphatic carbocycles. The van der Waals surface area contributed by atoms with E-state index in [9.17, 15) is 9.59 Å². The maximum atomic E-state index is 11.9. The van der Waals surface area contributed by atoms with Crippen LogP contribution in [-0.2, 0) is 9.59 Å². The van der Waals surface area contributed by atoms with Gasteiger partial charge in [0.2, 0.25) is 11.8 Å². The fourth-order valence-electron chi connectivity index (χ4n) is 1.93. The summed E-state index contributed by atoms with van der Waals surface area (Å²) < 4.78 is 0. The Hall–Kier alpha value is -1.88. The summed E-state index contributed by atoms with van der Waals surface area (Å²) in [5.74, 6) is -0.0827. The molecule has 2 amide bonds. The molecule has 4 N–H and O–H groups in total. The largest absolute Gasteiger partial charge is 0.348 e. The molecule has 0 aromatic heterocycles. The zero-order chi connectivity index (χ0) is 15.0. The van der Waals surface area contributed by atoms with Gasteiger partial charge >= 0.3 is 0 Å². The van der Waals surface area contributed by atoms with Crippen LogP contribution in [0.25, 0.3) is 0 Å². The van der Waals surface area contributed by atoms with E-state index in [1.54, 1.807) is 0 Å². The van der Waals surface area contributed by atoms with Gasteiger partial charge in [-0.2, -0.15) is 0 Å². The average molecular weight is 277 g/mol. The van der Waals surface area contributed by atoms with Crippen molar-refractivity contribution in [1.29, 1.82) is 0 Å². The van der Waals surface area contributed by atoms with Crippen molar-refractivity contribution in [2.24, 2.45) is 11.7 Å². The van der Waals surface area contributed by atoms with Gasteiger partial charge in [0.05, 0.1) is 19.1 Å². The van der Waals surface area contributed by atoms with Crippen LogP contribution in [0.1, 0.15) is 31.9 Å².